The van der Waals surface area contributed by atoms with Gasteiger partial charge in [-0.25, -0.2) is 0 Å². The molecule has 1 heterocycles. The lowest BCUT2D eigenvalue weighted by Crippen LogP contribution is -3.00. The van der Waals surface area contributed by atoms with Gasteiger partial charge in [-0.05, 0) is 6.42 Å². The number of β-amino-alcohol motifs (C(OH)–C–C–N with tert-alkyl or cyclic N) is 1. The summed E-state index contributed by atoms with van der Waals surface area (Å²) in [5, 5.41) is 9.30. The van der Waals surface area contributed by atoms with E-state index in [1.165, 1.54) is 128 Å². The third-order valence-electron chi connectivity index (χ3n) is 7.14. The van der Waals surface area contributed by atoms with Crippen molar-refractivity contribution in [1.82, 2.24) is 4.90 Å². The van der Waals surface area contributed by atoms with Gasteiger partial charge in [-0.3, -0.25) is 9.48 Å². The SMILES string of the molecule is CCCCCCCCCCCCCCCCCCCCCC1=[N+](CCN)CCN1CCO.[Cl-]. The highest BCUT2D eigenvalue weighted by Gasteiger charge is 2.28. The predicted molar refractivity (Wildman–Crippen MR) is 141 cm³/mol. The highest BCUT2D eigenvalue weighted by molar-refractivity contribution is 5.78. The van der Waals surface area contributed by atoms with E-state index in [-0.39, 0.29) is 19.0 Å². The minimum absolute atomic E-state index is 0. The number of hydrogen-bond acceptors (Lipinski definition) is 3. The summed E-state index contributed by atoms with van der Waals surface area (Å²) in [4.78, 5) is 2.37. The molecule has 0 aromatic carbocycles. The van der Waals surface area contributed by atoms with E-state index < -0.39 is 0 Å². The van der Waals surface area contributed by atoms with Crippen LogP contribution in [0.2, 0.25) is 0 Å². The molecule has 0 bridgehead atoms. The molecule has 5 heteroatoms. The fraction of sp³-hybridized carbons (Fsp3) is 0.964. The molecule has 0 aromatic rings. The molecular weight excluding hydrogens is 430 g/mol. The quantitative estimate of drug-likeness (QED) is 0.162. The van der Waals surface area contributed by atoms with Crippen LogP contribution in [0.25, 0.3) is 0 Å². The number of nitrogens with two attached hydrogens (primary N) is 1. The molecule has 0 radical (unpaired) electrons. The minimum atomic E-state index is 0. The van der Waals surface area contributed by atoms with Gasteiger partial charge in [-0.15, -0.1) is 0 Å². The number of amidine groups is 1. The Morgan fingerprint density at radius 2 is 1.15 bits per heavy atom. The molecule has 1 aliphatic rings. The van der Waals surface area contributed by atoms with Crippen LogP contribution in [0, 0.1) is 0 Å². The summed E-state index contributed by atoms with van der Waals surface area (Å²) in [7, 11) is 0. The van der Waals surface area contributed by atoms with Crippen molar-refractivity contribution < 1.29 is 22.1 Å². The zero-order valence-electron chi connectivity index (χ0n) is 22.2. The Balaban J connectivity index is 0.0000102. The second-order valence-corrected chi connectivity index (χ2v) is 10.0. The minimum Gasteiger partial charge on any atom is -1.00 e. The molecule has 0 saturated carbocycles. The van der Waals surface area contributed by atoms with Crippen molar-refractivity contribution in [3.05, 3.63) is 0 Å². The van der Waals surface area contributed by atoms with E-state index in [9.17, 15) is 5.11 Å². The second kappa shape index (κ2) is 24.8. The van der Waals surface area contributed by atoms with Crippen molar-refractivity contribution >= 4 is 5.84 Å². The molecule has 1 rings (SSSR count). The lowest BCUT2D eigenvalue weighted by molar-refractivity contribution is -0.516. The summed E-state index contributed by atoms with van der Waals surface area (Å²) in [6.45, 7) is 7.12. The first-order valence-corrected chi connectivity index (χ1v) is 14.5. The first-order valence-electron chi connectivity index (χ1n) is 14.5. The fourth-order valence-electron chi connectivity index (χ4n) is 5.14. The molecule has 0 amide bonds. The van der Waals surface area contributed by atoms with Crippen molar-refractivity contribution in [2.75, 3.05) is 39.3 Å². The number of unbranched alkanes of at least 4 members (excludes halogenated alkanes) is 18. The average Bonchev–Trinajstić information content (AvgIpc) is 3.17. The average molecular weight is 488 g/mol. The van der Waals surface area contributed by atoms with Crippen LogP contribution in [0.1, 0.15) is 135 Å². The molecule has 0 saturated heterocycles. The van der Waals surface area contributed by atoms with Crippen LogP contribution < -0.4 is 18.1 Å². The van der Waals surface area contributed by atoms with Crippen LogP contribution in [0.3, 0.4) is 0 Å². The maximum absolute atomic E-state index is 9.30. The summed E-state index contributed by atoms with van der Waals surface area (Å²) in [5.74, 6) is 1.43. The Hall–Kier alpha value is -0.320. The standard InChI is InChI=1S/C28H58N3O.ClH/c1-2-3-4-5-6-7-8-9-10-11-12-13-14-15-16-17-18-19-20-21-28-30(23-22-29)24-25-31(28)26-27-32;/h32H,2-27,29H2,1H3;1H/q+1;/p-1. The molecule has 0 atom stereocenters. The number of aliphatic hydroxyl groups excluding tert-OH is 1. The van der Waals surface area contributed by atoms with Gasteiger partial charge in [-0.2, -0.15) is 0 Å². The van der Waals surface area contributed by atoms with Gasteiger partial charge in [0.25, 0.3) is 0 Å². The van der Waals surface area contributed by atoms with Crippen molar-refractivity contribution in [3.8, 4) is 0 Å². The maximum atomic E-state index is 9.30. The molecule has 1 aliphatic heterocycles. The molecule has 33 heavy (non-hydrogen) atoms. The second-order valence-electron chi connectivity index (χ2n) is 10.0. The molecule has 4 nitrogen and oxygen atoms in total. The summed E-state index contributed by atoms with van der Waals surface area (Å²) >= 11 is 0. The highest BCUT2D eigenvalue weighted by atomic mass is 35.5. The van der Waals surface area contributed by atoms with Crippen LogP contribution in [-0.2, 0) is 0 Å². The molecule has 0 aliphatic carbocycles. The molecular formula is C28H58ClN3O. The van der Waals surface area contributed by atoms with Gasteiger partial charge in [0.1, 0.15) is 19.6 Å². The summed E-state index contributed by atoms with van der Waals surface area (Å²) < 4.78 is 2.43. The van der Waals surface area contributed by atoms with Gasteiger partial charge in [0.2, 0.25) is 5.84 Å². The van der Waals surface area contributed by atoms with Gasteiger partial charge < -0.3 is 23.2 Å². The van der Waals surface area contributed by atoms with Crippen LogP contribution in [-0.4, -0.2) is 59.7 Å². The number of halogens is 1. The third kappa shape index (κ3) is 17.7. The van der Waals surface area contributed by atoms with E-state index in [0.29, 0.717) is 0 Å². The van der Waals surface area contributed by atoms with Crippen LogP contribution in [0.15, 0.2) is 0 Å². The Labute approximate surface area is 213 Å². The van der Waals surface area contributed by atoms with Crippen molar-refractivity contribution in [1.29, 1.82) is 0 Å². The highest BCUT2D eigenvalue weighted by Crippen LogP contribution is 2.15. The predicted octanol–water partition coefficient (Wildman–Crippen LogP) is 3.49. The zero-order chi connectivity index (χ0) is 23.1. The summed E-state index contributed by atoms with van der Waals surface area (Å²) in [6.07, 6.45) is 28.3. The largest absolute Gasteiger partial charge is 1.00 e. The fourth-order valence-corrected chi connectivity index (χ4v) is 5.14. The monoisotopic (exact) mass is 487 g/mol. The van der Waals surface area contributed by atoms with E-state index in [1.807, 2.05) is 0 Å². The number of hydrogen-bond donors (Lipinski definition) is 2. The summed E-state index contributed by atoms with van der Waals surface area (Å²) in [5.41, 5.74) is 5.77. The molecule has 0 fully saturated rings. The van der Waals surface area contributed by atoms with Gasteiger partial charge in [0.15, 0.2) is 0 Å². The molecule has 3 N–H and O–H groups in total. The van der Waals surface area contributed by atoms with E-state index in [2.05, 4.69) is 16.4 Å². The molecule has 0 spiro atoms. The van der Waals surface area contributed by atoms with Crippen molar-refractivity contribution in [2.45, 2.75) is 135 Å². The Morgan fingerprint density at radius 1 is 0.727 bits per heavy atom. The Morgan fingerprint density at radius 3 is 1.55 bits per heavy atom. The maximum Gasteiger partial charge on any atom is 0.247 e. The molecule has 198 valence electrons. The Bertz CT molecular complexity index is 445. The molecule has 0 unspecified atom stereocenters. The van der Waals surface area contributed by atoms with Crippen LogP contribution in [0.4, 0.5) is 0 Å². The first-order chi connectivity index (χ1) is 15.8. The van der Waals surface area contributed by atoms with E-state index in [1.54, 1.807) is 0 Å². The van der Waals surface area contributed by atoms with Crippen LogP contribution in [0.5, 0.6) is 0 Å². The van der Waals surface area contributed by atoms with Crippen molar-refractivity contribution in [2.24, 2.45) is 5.73 Å². The van der Waals surface area contributed by atoms with Gasteiger partial charge in [0.05, 0.1) is 13.2 Å². The molecule has 0 aromatic heterocycles. The van der Waals surface area contributed by atoms with Crippen LogP contribution >= 0.6 is 0 Å². The van der Waals surface area contributed by atoms with E-state index in [4.69, 9.17) is 5.73 Å². The zero-order valence-corrected chi connectivity index (χ0v) is 22.9. The Kier molecular flexibility index (Phi) is 24.6. The van der Waals surface area contributed by atoms with Gasteiger partial charge in [0, 0.05) is 13.0 Å². The summed E-state index contributed by atoms with van der Waals surface area (Å²) in [6, 6.07) is 0. The number of rotatable bonds is 24. The third-order valence-corrected chi connectivity index (χ3v) is 7.14. The smallest absolute Gasteiger partial charge is 0.247 e. The van der Waals surface area contributed by atoms with E-state index in [0.717, 1.165) is 39.1 Å². The number of aliphatic hydroxyl groups is 1. The van der Waals surface area contributed by atoms with Crippen molar-refractivity contribution in [3.63, 3.8) is 0 Å². The topological polar surface area (TPSA) is 52.5 Å². The first kappa shape index (κ1) is 32.7. The van der Waals surface area contributed by atoms with Gasteiger partial charge >= 0.3 is 0 Å². The van der Waals surface area contributed by atoms with Gasteiger partial charge in [-0.1, -0.05) is 122 Å². The lowest BCUT2D eigenvalue weighted by atomic mass is 10.0. The lowest BCUT2D eigenvalue weighted by Gasteiger charge is -2.12. The number of nitrogens with zero attached hydrogens (tertiary/aromatic N) is 2. The normalized spacial score (nSPS) is 13.7. The van der Waals surface area contributed by atoms with E-state index >= 15 is 0 Å².